The first-order chi connectivity index (χ1) is 21.9. The monoisotopic (exact) mass is 824 g/mol. The third-order valence-electron chi connectivity index (χ3n) is 6.39. The van der Waals surface area contributed by atoms with E-state index in [1.807, 2.05) is 58.9 Å². The van der Waals surface area contributed by atoms with Gasteiger partial charge in [-0.15, -0.1) is 0 Å². The first kappa shape index (κ1) is 41.1. The molecule has 46 heavy (non-hydrogen) atoms. The minimum atomic E-state index is -3.75. The minimum Gasteiger partial charge on any atom is -0.352 e. The molecule has 0 fully saturated rings. The minimum absolute atomic E-state index is 0.0815. The molecule has 0 saturated heterocycles. The van der Waals surface area contributed by atoms with Crippen molar-refractivity contribution < 1.29 is 27.4 Å². The summed E-state index contributed by atoms with van der Waals surface area (Å²) < 4.78 is 51.7. The number of sulfonamides is 1. The standard InChI is InChI=1S/C20H25BrClNO4S.C13H19BrClNO2/c1-4-26-20(27-5-2)14-23(13-16-8-11-19(22)18(21)12-16)28(24,25)17-9-6-15(3)7-10-17;1-3-17-13(18-4-2)9-16-8-10-5-6-12(15)11(14)7-10/h6-12,20H,4-5,13-14H2,1-3H3;5-7,13,16H,3-4,8-9H2,1-2H3. The van der Waals surface area contributed by atoms with Gasteiger partial charge in [0.15, 0.2) is 12.6 Å². The molecule has 0 unspecified atom stereocenters. The lowest BCUT2D eigenvalue weighted by molar-refractivity contribution is -0.140. The van der Waals surface area contributed by atoms with Gasteiger partial charge in [0.05, 0.1) is 21.5 Å². The Balaban J connectivity index is 0.000000353. The molecule has 0 saturated carbocycles. The predicted octanol–water partition coefficient (Wildman–Crippen LogP) is 8.59. The molecule has 0 bridgehead atoms. The van der Waals surface area contributed by atoms with Crippen LogP contribution in [0.1, 0.15) is 44.4 Å². The summed E-state index contributed by atoms with van der Waals surface area (Å²) in [4.78, 5) is 0.234. The van der Waals surface area contributed by atoms with Gasteiger partial charge < -0.3 is 24.3 Å². The maximum absolute atomic E-state index is 13.3. The summed E-state index contributed by atoms with van der Waals surface area (Å²) in [5.74, 6) is 0. The molecule has 0 aliphatic carbocycles. The van der Waals surface area contributed by atoms with Crippen LogP contribution in [0.2, 0.25) is 10.0 Å². The zero-order valence-electron chi connectivity index (χ0n) is 26.9. The topological polar surface area (TPSA) is 86.3 Å². The lowest BCUT2D eigenvalue weighted by Gasteiger charge is -2.27. The highest BCUT2D eigenvalue weighted by atomic mass is 79.9. The average Bonchev–Trinajstić information content (AvgIpc) is 3.01. The van der Waals surface area contributed by atoms with Gasteiger partial charge in [-0.1, -0.05) is 53.0 Å². The molecular formula is C33H44Br2Cl2N2O6S. The third-order valence-corrected chi connectivity index (χ3v) is 10.6. The van der Waals surface area contributed by atoms with E-state index in [4.69, 9.17) is 42.1 Å². The van der Waals surface area contributed by atoms with Crippen molar-refractivity contribution in [1.29, 1.82) is 0 Å². The number of halogens is 4. The SMILES string of the molecule is CCOC(CN(Cc1ccc(Cl)c(Br)c1)S(=O)(=O)c1ccc(C)cc1)OCC.CCOC(CNCc1ccc(Cl)c(Br)c1)OCC. The van der Waals surface area contributed by atoms with Crippen LogP contribution in [0.4, 0.5) is 0 Å². The van der Waals surface area contributed by atoms with Crippen LogP contribution < -0.4 is 5.32 Å². The fourth-order valence-corrected chi connectivity index (χ4v) is 6.66. The third kappa shape index (κ3) is 14.2. The number of nitrogens with zero attached hydrogens (tertiary/aromatic N) is 1. The Morgan fingerprint density at radius 1 is 0.739 bits per heavy atom. The number of aryl methyl sites for hydroxylation is 1. The van der Waals surface area contributed by atoms with Crippen LogP contribution in [0.5, 0.6) is 0 Å². The molecule has 13 heteroatoms. The summed E-state index contributed by atoms with van der Waals surface area (Å²) in [5, 5.41) is 4.59. The largest absolute Gasteiger partial charge is 0.352 e. The Labute approximate surface area is 301 Å². The highest BCUT2D eigenvalue weighted by molar-refractivity contribution is 9.10. The number of nitrogens with one attached hydrogen (secondary N) is 1. The van der Waals surface area contributed by atoms with Gasteiger partial charge in [-0.05, 0) is 114 Å². The zero-order valence-corrected chi connectivity index (χ0v) is 32.4. The van der Waals surface area contributed by atoms with Gasteiger partial charge in [-0.3, -0.25) is 0 Å². The molecule has 0 radical (unpaired) electrons. The van der Waals surface area contributed by atoms with Gasteiger partial charge in [-0.25, -0.2) is 8.42 Å². The van der Waals surface area contributed by atoms with Gasteiger partial charge in [0.1, 0.15) is 0 Å². The number of ether oxygens (including phenoxy) is 4. The van der Waals surface area contributed by atoms with Crippen LogP contribution in [0, 0.1) is 6.92 Å². The summed E-state index contributed by atoms with van der Waals surface area (Å²) >= 11 is 18.8. The lowest BCUT2D eigenvalue weighted by Crippen LogP contribution is -2.39. The molecule has 3 aromatic rings. The van der Waals surface area contributed by atoms with Crippen molar-refractivity contribution in [3.63, 3.8) is 0 Å². The summed E-state index contributed by atoms with van der Waals surface area (Å²) in [6, 6.07) is 18.0. The Hall–Kier alpha value is -1.09. The second-order valence-electron chi connectivity index (χ2n) is 9.92. The maximum Gasteiger partial charge on any atom is 0.243 e. The van der Waals surface area contributed by atoms with Gasteiger partial charge in [0.2, 0.25) is 10.0 Å². The van der Waals surface area contributed by atoms with E-state index in [2.05, 4.69) is 37.2 Å². The Kier molecular flexibility index (Phi) is 19.5. The molecule has 1 N–H and O–H groups in total. The second-order valence-corrected chi connectivity index (χ2v) is 14.4. The second kappa shape index (κ2) is 21.8. The molecule has 0 amide bonds. The Morgan fingerprint density at radius 2 is 1.22 bits per heavy atom. The van der Waals surface area contributed by atoms with E-state index in [9.17, 15) is 8.42 Å². The Morgan fingerprint density at radius 3 is 1.72 bits per heavy atom. The molecule has 0 aromatic heterocycles. The number of benzene rings is 3. The van der Waals surface area contributed by atoms with Crippen LogP contribution in [-0.2, 0) is 42.1 Å². The van der Waals surface area contributed by atoms with E-state index in [-0.39, 0.29) is 24.3 Å². The van der Waals surface area contributed by atoms with Gasteiger partial charge in [0.25, 0.3) is 0 Å². The molecule has 8 nitrogen and oxygen atoms in total. The van der Waals surface area contributed by atoms with Crippen LogP contribution in [0.25, 0.3) is 0 Å². The van der Waals surface area contributed by atoms with Crippen LogP contribution in [-0.4, -0.2) is 64.8 Å². The molecular weight excluding hydrogens is 783 g/mol. The van der Waals surface area contributed by atoms with E-state index in [0.717, 1.165) is 32.7 Å². The fraction of sp³-hybridized carbons (Fsp3) is 0.455. The highest BCUT2D eigenvalue weighted by Gasteiger charge is 2.28. The first-order valence-corrected chi connectivity index (χ1v) is 18.8. The van der Waals surface area contributed by atoms with Gasteiger partial charge in [-0.2, -0.15) is 4.31 Å². The highest BCUT2D eigenvalue weighted by Crippen LogP contribution is 2.26. The smallest absolute Gasteiger partial charge is 0.243 e. The van der Waals surface area contributed by atoms with Crippen molar-refractivity contribution in [2.75, 3.05) is 39.5 Å². The van der Waals surface area contributed by atoms with Gasteiger partial charge >= 0.3 is 0 Å². The molecule has 0 heterocycles. The summed E-state index contributed by atoms with van der Waals surface area (Å²) in [5.41, 5.74) is 2.96. The molecule has 0 aliphatic rings. The summed E-state index contributed by atoms with van der Waals surface area (Å²) in [6.45, 7) is 13.4. The van der Waals surface area contributed by atoms with E-state index < -0.39 is 16.3 Å². The van der Waals surface area contributed by atoms with Crippen molar-refractivity contribution in [2.45, 2.75) is 65.2 Å². The van der Waals surface area contributed by atoms with E-state index >= 15 is 0 Å². The van der Waals surface area contributed by atoms with Crippen molar-refractivity contribution in [3.8, 4) is 0 Å². The quantitative estimate of drug-likeness (QED) is 0.129. The fourth-order valence-electron chi connectivity index (χ4n) is 4.16. The molecule has 0 atom stereocenters. The number of hydrogen-bond donors (Lipinski definition) is 1. The lowest BCUT2D eigenvalue weighted by atomic mass is 10.2. The van der Waals surface area contributed by atoms with E-state index in [0.29, 0.717) is 42.5 Å². The normalized spacial score (nSPS) is 11.7. The van der Waals surface area contributed by atoms with Crippen molar-refractivity contribution in [3.05, 3.63) is 96.3 Å². The van der Waals surface area contributed by atoms with Gasteiger partial charge in [0, 0.05) is 55.0 Å². The van der Waals surface area contributed by atoms with Crippen molar-refractivity contribution >= 4 is 65.1 Å². The number of hydrogen-bond acceptors (Lipinski definition) is 7. The maximum atomic E-state index is 13.3. The Bertz CT molecular complexity index is 1420. The molecule has 0 spiro atoms. The predicted molar refractivity (Wildman–Crippen MR) is 193 cm³/mol. The van der Waals surface area contributed by atoms with Crippen molar-refractivity contribution in [2.24, 2.45) is 0 Å². The van der Waals surface area contributed by atoms with E-state index in [1.54, 1.807) is 36.4 Å². The molecule has 0 aliphatic heterocycles. The molecule has 3 rings (SSSR count). The summed E-state index contributed by atoms with van der Waals surface area (Å²) in [6.07, 6.45) is -0.832. The van der Waals surface area contributed by atoms with Crippen LogP contribution in [0.3, 0.4) is 0 Å². The zero-order chi connectivity index (χ0) is 34.1. The van der Waals surface area contributed by atoms with Crippen LogP contribution in [0.15, 0.2) is 74.5 Å². The van der Waals surface area contributed by atoms with Crippen LogP contribution >= 0.6 is 55.1 Å². The molecule has 3 aromatic carbocycles. The average molecular weight is 828 g/mol. The number of rotatable bonds is 18. The first-order valence-electron chi connectivity index (χ1n) is 15.1. The van der Waals surface area contributed by atoms with Crippen molar-refractivity contribution in [1.82, 2.24) is 9.62 Å². The molecule has 256 valence electrons. The van der Waals surface area contributed by atoms with E-state index in [1.165, 1.54) is 4.31 Å². The summed E-state index contributed by atoms with van der Waals surface area (Å²) in [7, 11) is -3.75.